The molecule has 0 unspecified atom stereocenters. The minimum absolute atomic E-state index is 0.00505. The van der Waals surface area contributed by atoms with Crippen molar-refractivity contribution in [1.29, 1.82) is 0 Å². The first-order valence-electron chi connectivity index (χ1n) is 6.05. The molecule has 2 atom stereocenters. The predicted molar refractivity (Wildman–Crippen MR) is 74.2 cm³/mol. The zero-order valence-electron chi connectivity index (χ0n) is 10.9. The summed E-state index contributed by atoms with van der Waals surface area (Å²) in [5, 5.41) is 24.7. The number of carboxylic acids is 1. The lowest BCUT2D eigenvalue weighted by Gasteiger charge is -2.19. The summed E-state index contributed by atoms with van der Waals surface area (Å²) in [7, 11) is 0. The Kier molecular flexibility index (Phi) is 3.89. The van der Waals surface area contributed by atoms with Crippen LogP contribution < -0.4 is 5.32 Å². The van der Waals surface area contributed by atoms with E-state index in [0.717, 1.165) is 0 Å². The van der Waals surface area contributed by atoms with E-state index in [4.69, 9.17) is 0 Å². The van der Waals surface area contributed by atoms with E-state index in [1.165, 1.54) is 21.9 Å². The van der Waals surface area contributed by atoms with Crippen LogP contribution in [0, 0.1) is 16.0 Å². The topological polar surface area (TPSA) is 110 Å². The molecule has 0 spiro atoms. The van der Waals surface area contributed by atoms with Crippen LogP contribution in [0.4, 0.5) is 11.6 Å². The van der Waals surface area contributed by atoms with Crippen molar-refractivity contribution >= 4 is 33.9 Å². The molecule has 20 heavy (non-hydrogen) atoms. The summed E-state index contributed by atoms with van der Waals surface area (Å²) in [5.41, 5.74) is 0. The molecule has 0 aliphatic heterocycles. The second-order valence-corrected chi connectivity index (χ2v) is 5.32. The lowest BCUT2D eigenvalue weighted by atomic mass is 9.99. The Hall–Kier alpha value is -2.16. The van der Waals surface area contributed by atoms with Gasteiger partial charge in [0.1, 0.15) is 12.2 Å². The molecule has 0 aromatic carbocycles. The molecule has 0 saturated heterocycles. The SMILES string of the molecule is CC[C@H](C)[C@H](Nc1nc2sccn2c1[N+](=O)[O-])C(=O)O. The van der Waals surface area contributed by atoms with Crippen molar-refractivity contribution in [2.45, 2.75) is 26.3 Å². The molecule has 9 heteroatoms. The highest BCUT2D eigenvalue weighted by Gasteiger charge is 2.30. The van der Waals surface area contributed by atoms with E-state index < -0.39 is 16.9 Å². The fourth-order valence-electron chi connectivity index (χ4n) is 1.88. The normalized spacial score (nSPS) is 14.1. The maximum absolute atomic E-state index is 11.3. The Morgan fingerprint density at radius 3 is 2.95 bits per heavy atom. The standard InChI is InChI=1S/C11H14N4O4S/c1-3-6(2)7(10(16)17)12-8-9(15(18)19)14-4-5-20-11(14)13-8/h4-7,12H,3H2,1-2H3,(H,16,17)/t6-,7-/m0/s1. The van der Waals surface area contributed by atoms with Crippen molar-refractivity contribution in [2.75, 3.05) is 5.32 Å². The maximum Gasteiger partial charge on any atom is 0.372 e. The summed E-state index contributed by atoms with van der Waals surface area (Å²) >= 11 is 1.25. The molecule has 0 saturated carbocycles. The van der Waals surface area contributed by atoms with E-state index >= 15 is 0 Å². The van der Waals surface area contributed by atoms with Crippen LogP contribution in [0.1, 0.15) is 20.3 Å². The van der Waals surface area contributed by atoms with Crippen molar-refractivity contribution < 1.29 is 14.8 Å². The van der Waals surface area contributed by atoms with Crippen molar-refractivity contribution in [1.82, 2.24) is 9.38 Å². The second kappa shape index (κ2) is 5.45. The van der Waals surface area contributed by atoms with Crippen LogP contribution in [0.2, 0.25) is 0 Å². The van der Waals surface area contributed by atoms with Gasteiger partial charge >= 0.3 is 11.8 Å². The highest BCUT2D eigenvalue weighted by molar-refractivity contribution is 7.15. The lowest BCUT2D eigenvalue weighted by molar-refractivity contribution is -0.389. The van der Waals surface area contributed by atoms with Crippen molar-refractivity contribution in [3.8, 4) is 0 Å². The summed E-state index contributed by atoms with van der Waals surface area (Å²) in [5.74, 6) is -1.47. The maximum atomic E-state index is 11.3. The Balaban J connectivity index is 2.41. The van der Waals surface area contributed by atoms with Crippen LogP contribution >= 0.6 is 11.3 Å². The number of nitro groups is 1. The molecule has 108 valence electrons. The monoisotopic (exact) mass is 298 g/mol. The molecular weight excluding hydrogens is 284 g/mol. The van der Waals surface area contributed by atoms with Gasteiger partial charge in [-0.05, 0) is 10.8 Å². The number of hydrogen-bond acceptors (Lipinski definition) is 6. The first kappa shape index (κ1) is 14.3. The average Bonchev–Trinajstić information content (AvgIpc) is 2.93. The fraction of sp³-hybridized carbons (Fsp3) is 0.455. The van der Waals surface area contributed by atoms with Crippen molar-refractivity contribution in [2.24, 2.45) is 5.92 Å². The van der Waals surface area contributed by atoms with Gasteiger partial charge in [-0.3, -0.25) is 0 Å². The van der Waals surface area contributed by atoms with Crippen molar-refractivity contribution in [3.05, 3.63) is 21.7 Å². The van der Waals surface area contributed by atoms with Gasteiger partial charge < -0.3 is 20.5 Å². The number of nitrogens with one attached hydrogen (secondary N) is 1. The number of anilines is 1. The van der Waals surface area contributed by atoms with Gasteiger partial charge in [0, 0.05) is 5.38 Å². The molecule has 2 aromatic heterocycles. The zero-order valence-corrected chi connectivity index (χ0v) is 11.8. The minimum Gasteiger partial charge on any atom is -0.480 e. The quantitative estimate of drug-likeness (QED) is 0.625. The Morgan fingerprint density at radius 1 is 1.70 bits per heavy atom. The highest BCUT2D eigenvalue weighted by Crippen LogP contribution is 2.29. The van der Waals surface area contributed by atoms with E-state index in [2.05, 4.69) is 10.3 Å². The third kappa shape index (κ3) is 2.44. The Labute approximate surface area is 118 Å². The number of aromatic nitrogens is 2. The third-order valence-corrected chi connectivity index (χ3v) is 3.94. The van der Waals surface area contributed by atoms with Gasteiger partial charge in [0.2, 0.25) is 5.82 Å². The van der Waals surface area contributed by atoms with E-state index in [9.17, 15) is 20.0 Å². The molecule has 0 amide bonds. The van der Waals surface area contributed by atoms with Gasteiger partial charge in [0.05, 0.1) is 0 Å². The molecule has 0 fully saturated rings. The second-order valence-electron chi connectivity index (χ2n) is 4.44. The molecule has 2 rings (SSSR count). The smallest absolute Gasteiger partial charge is 0.372 e. The van der Waals surface area contributed by atoms with Crippen LogP contribution in [-0.2, 0) is 4.79 Å². The largest absolute Gasteiger partial charge is 0.480 e. The average molecular weight is 298 g/mol. The summed E-state index contributed by atoms with van der Waals surface area (Å²) in [6.45, 7) is 3.64. The summed E-state index contributed by atoms with van der Waals surface area (Å²) in [4.78, 5) is 26.4. The minimum atomic E-state index is -1.05. The number of thiazole rings is 1. The number of aliphatic carboxylic acids is 1. The first-order valence-corrected chi connectivity index (χ1v) is 6.93. The molecule has 2 N–H and O–H groups in total. The molecule has 0 radical (unpaired) electrons. The van der Waals surface area contributed by atoms with Crippen LogP contribution in [0.25, 0.3) is 4.96 Å². The van der Waals surface area contributed by atoms with Gasteiger partial charge in [0.15, 0.2) is 0 Å². The van der Waals surface area contributed by atoms with E-state index in [1.54, 1.807) is 12.3 Å². The summed E-state index contributed by atoms with van der Waals surface area (Å²) < 4.78 is 1.34. The summed E-state index contributed by atoms with van der Waals surface area (Å²) in [6.07, 6.45) is 2.18. The molecule has 2 heterocycles. The van der Waals surface area contributed by atoms with E-state index in [1.807, 2.05) is 6.92 Å². The number of rotatable bonds is 6. The van der Waals surface area contributed by atoms with E-state index in [-0.39, 0.29) is 17.6 Å². The number of carbonyl (C=O) groups is 1. The Bertz CT molecular complexity index is 650. The van der Waals surface area contributed by atoms with E-state index in [0.29, 0.717) is 11.4 Å². The van der Waals surface area contributed by atoms with Crippen molar-refractivity contribution in [3.63, 3.8) is 0 Å². The van der Waals surface area contributed by atoms with Crippen LogP contribution in [0.5, 0.6) is 0 Å². The number of imidazole rings is 1. The van der Waals surface area contributed by atoms with Gasteiger partial charge in [-0.25, -0.2) is 4.79 Å². The third-order valence-electron chi connectivity index (χ3n) is 3.18. The Morgan fingerprint density at radius 2 is 2.40 bits per heavy atom. The van der Waals surface area contributed by atoms with Gasteiger partial charge in [-0.1, -0.05) is 31.6 Å². The fourth-order valence-corrected chi connectivity index (χ4v) is 2.58. The van der Waals surface area contributed by atoms with Crippen LogP contribution in [0.15, 0.2) is 11.6 Å². The summed E-state index contributed by atoms with van der Waals surface area (Å²) in [6, 6.07) is -0.914. The molecular formula is C11H14N4O4S. The molecule has 0 aliphatic rings. The van der Waals surface area contributed by atoms with Gasteiger partial charge in [-0.2, -0.15) is 9.38 Å². The number of fused-ring (bicyclic) bond motifs is 1. The zero-order chi connectivity index (χ0) is 14.9. The lowest BCUT2D eigenvalue weighted by Crippen LogP contribution is -2.35. The number of carboxylic acid groups (broad SMARTS) is 1. The number of nitrogens with zero attached hydrogens (tertiary/aromatic N) is 3. The highest BCUT2D eigenvalue weighted by atomic mass is 32.1. The van der Waals surface area contributed by atoms with Crippen LogP contribution in [-0.4, -0.2) is 31.4 Å². The molecule has 2 aromatic rings. The van der Waals surface area contributed by atoms with Gasteiger partial charge in [0.25, 0.3) is 4.96 Å². The molecule has 0 bridgehead atoms. The first-order chi connectivity index (χ1) is 9.45. The number of hydrogen-bond donors (Lipinski definition) is 2. The van der Waals surface area contributed by atoms with Gasteiger partial charge in [-0.15, -0.1) is 0 Å². The predicted octanol–water partition coefficient (Wildman–Crippen LogP) is 2.22. The van der Waals surface area contributed by atoms with Crippen LogP contribution in [0.3, 0.4) is 0 Å². The molecule has 0 aliphatic carbocycles. The molecule has 8 nitrogen and oxygen atoms in total.